The summed E-state index contributed by atoms with van der Waals surface area (Å²) in [6, 6.07) is 12.0. The van der Waals surface area contributed by atoms with Gasteiger partial charge in [0, 0.05) is 16.2 Å². The lowest BCUT2D eigenvalue weighted by Gasteiger charge is -2.08. The molecule has 1 heterocycles. The van der Waals surface area contributed by atoms with Crippen LogP contribution in [-0.2, 0) is 0 Å². The quantitative estimate of drug-likeness (QED) is 0.145. The van der Waals surface area contributed by atoms with Gasteiger partial charge in [-0.25, -0.2) is 22.5 Å². The number of hydrogen-bond donors (Lipinski definition) is 0. The molecule has 0 N–H and O–H groups in total. The van der Waals surface area contributed by atoms with Crippen LogP contribution in [0.25, 0.3) is 32.6 Å². The third-order valence-corrected chi connectivity index (χ3v) is 3.73. The van der Waals surface area contributed by atoms with Crippen molar-refractivity contribution in [3.63, 3.8) is 0 Å². The second-order valence-corrected chi connectivity index (χ2v) is 5.00. The topological polar surface area (TPSA) is 12.9 Å². The molecule has 0 atom stereocenters. The maximum atomic E-state index is 13.9. The van der Waals surface area contributed by atoms with E-state index < -0.39 is 28.8 Å². The Morgan fingerprint density at radius 1 is 0.591 bits per heavy atom. The van der Waals surface area contributed by atoms with Crippen LogP contribution in [0.1, 0.15) is 0 Å². The summed E-state index contributed by atoms with van der Waals surface area (Å²) in [4.78, 5) is 4.05. The first-order chi connectivity index (χ1) is 10.6. The van der Waals surface area contributed by atoms with Crippen LogP contribution in [0.4, 0.5) is 17.6 Å². The molecule has 0 aliphatic heterocycles. The van der Waals surface area contributed by atoms with Crippen molar-refractivity contribution >= 4 is 32.6 Å². The average molecular weight is 301 g/mol. The van der Waals surface area contributed by atoms with E-state index in [2.05, 4.69) is 4.98 Å². The summed E-state index contributed by atoms with van der Waals surface area (Å²) in [6.45, 7) is 0. The van der Waals surface area contributed by atoms with E-state index in [0.29, 0.717) is 10.9 Å². The summed E-state index contributed by atoms with van der Waals surface area (Å²) in [5.74, 6) is -6.59. The molecular weight excluding hydrogens is 294 g/mol. The van der Waals surface area contributed by atoms with Gasteiger partial charge in [0.05, 0.1) is 5.52 Å². The highest BCUT2D eigenvalue weighted by Gasteiger charge is 2.22. The van der Waals surface area contributed by atoms with Crippen LogP contribution in [-0.4, -0.2) is 4.98 Å². The van der Waals surface area contributed by atoms with Crippen molar-refractivity contribution in [1.29, 1.82) is 0 Å². The van der Waals surface area contributed by atoms with Crippen LogP contribution >= 0.6 is 0 Å². The van der Waals surface area contributed by atoms with Crippen molar-refractivity contribution in [3.8, 4) is 0 Å². The van der Waals surface area contributed by atoms with Crippen molar-refractivity contribution < 1.29 is 17.6 Å². The Bertz CT molecular complexity index is 1070. The van der Waals surface area contributed by atoms with E-state index in [4.69, 9.17) is 0 Å². The molecule has 3 aromatic carbocycles. The Morgan fingerprint density at radius 3 is 2.09 bits per heavy atom. The van der Waals surface area contributed by atoms with Crippen LogP contribution in [0.2, 0.25) is 0 Å². The summed E-state index contributed by atoms with van der Waals surface area (Å²) in [5, 5.41) is 1.74. The third-order valence-electron chi connectivity index (χ3n) is 3.73. The van der Waals surface area contributed by atoms with Crippen LogP contribution in [0.3, 0.4) is 0 Å². The minimum absolute atomic E-state index is 0.376. The molecule has 0 saturated heterocycles. The molecule has 108 valence electrons. The van der Waals surface area contributed by atoms with Gasteiger partial charge < -0.3 is 0 Å². The average Bonchev–Trinajstić information content (AvgIpc) is 2.56. The van der Waals surface area contributed by atoms with E-state index in [1.54, 1.807) is 24.3 Å². The van der Waals surface area contributed by atoms with Gasteiger partial charge in [0.2, 0.25) is 0 Å². The number of rotatable bonds is 0. The van der Waals surface area contributed by atoms with Crippen molar-refractivity contribution in [1.82, 2.24) is 4.98 Å². The minimum atomic E-state index is -1.85. The smallest absolute Gasteiger partial charge is 0.199 e. The van der Waals surface area contributed by atoms with E-state index in [9.17, 15) is 17.6 Å². The van der Waals surface area contributed by atoms with E-state index in [0.717, 1.165) is 10.8 Å². The minimum Gasteiger partial charge on any atom is -0.244 e. The predicted octanol–water partition coefficient (Wildman–Crippen LogP) is 5.10. The molecule has 0 radical (unpaired) electrons. The molecule has 4 aromatic rings. The summed E-state index contributed by atoms with van der Waals surface area (Å²) in [7, 11) is 0. The number of nitrogens with zero attached hydrogens (tertiary/aromatic N) is 1. The molecule has 4 rings (SSSR count). The van der Waals surface area contributed by atoms with E-state index in [1.165, 1.54) is 6.07 Å². The molecule has 0 aliphatic carbocycles. The number of pyridine rings is 1. The van der Waals surface area contributed by atoms with E-state index in [-0.39, 0.29) is 5.39 Å². The first-order valence-electron chi connectivity index (χ1n) is 6.52. The molecule has 0 aliphatic rings. The molecule has 0 saturated carbocycles. The zero-order valence-electron chi connectivity index (χ0n) is 11.0. The van der Waals surface area contributed by atoms with Crippen molar-refractivity contribution in [2.75, 3.05) is 0 Å². The molecule has 22 heavy (non-hydrogen) atoms. The molecule has 1 aromatic heterocycles. The largest absolute Gasteiger partial charge is 0.244 e. The van der Waals surface area contributed by atoms with Gasteiger partial charge in [0.1, 0.15) is 5.52 Å². The molecule has 0 fully saturated rings. The standard InChI is InChI=1S/C17H7F4N/c18-12-11-7-9-6-5-8-3-1-2-4-10(8)16(9)22-17(11)15(21)14(20)13(12)19/h1-7H. The van der Waals surface area contributed by atoms with Gasteiger partial charge in [-0.05, 0) is 11.5 Å². The first kappa shape index (κ1) is 13.0. The Balaban J connectivity index is 2.27. The van der Waals surface area contributed by atoms with Gasteiger partial charge >= 0.3 is 0 Å². The molecule has 0 unspecified atom stereocenters. The second kappa shape index (κ2) is 4.40. The fourth-order valence-electron chi connectivity index (χ4n) is 2.66. The van der Waals surface area contributed by atoms with E-state index >= 15 is 0 Å². The first-order valence-corrected chi connectivity index (χ1v) is 6.52. The monoisotopic (exact) mass is 301 g/mol. The van der Waals surface area contributed by atoms with Gasteiger partial charge in [-0.3, -0.25) is 0 Å². The maximum Gasteiger partial charge on any atom is 0.199 e. The lowest BCUT2D eigenvalue weighted by molar-refractivity contribution is 0.417. The molecule has 0 bridgehead atoms. The Hall–Kier alpha value is -2.69. The normalized spacial score (nSPS) is 11.6. The Morgan fingerprint density at radius 2 is 1.27 bits per heavy atom. The fourth-order valence-corrected chi connectivity index (χ4v) is 2.66. The van der Waals surface area contributed by atoms with Gasteiger partial charge in [-0.2, -0.15) is 0 Å². The highest BCUT2D eigenvalue weighted by molar-refractivity contribution is 6.08. The summed E-state index contributed by atoms with van der Waals surface area (Å²) in [5.41, 5.74) is -0.102. The number of hydrogen-bond acceptors (Lipinski definition) is 1. The molecule has 0 spiro atoms. The molecule has 5 heteroatoms. The fraction of sp³-hybridized carbons (Fsp3) is 0. The highest BCUT2D eigenvalue weighted by atomic mass is 19.2. The highest BCUT2D eigenvalue weighted by Crippen LogP contribution is 2.31. The van der Waals surface area contributed by atoms with Gasteiger partial charge in [0.15, 0.2) is 23.3 Å². The Kier molecular flexibility index (Phi) is 2.60. The van der Waals surface area contributed by atoms with Crippen LogP contribution in [0.5, 0.6) is 0 Å². The van der Waals surface area contributed by atoms with Gasteiger partial charge in [-0.1, -0.05) is 36.4 Å². The number of fused-ring (bicyclic) bond motifs is 4. The molecular formula is C17H7F4N. The van der Waals surface area contributed by atoms with Crippen molar-refractivity contribution in [2.45, 2.75) is 0 Å². The van der Waals surface area contributed by atoms with Crippen LogP contribution in [0, 0.1) is 23.3 Å². The van der Waals surface area contributed by atoms with E-state index in [1.807, 2.05) is 12.1 Å². The Labute approximate surface area is 121 Å². The lowest BCUT2D eigenvalue weighted by atomic mass is 10.0. The number of aromatic nitrogens is 1. The van der Waals surface area contributed by atoms with Crippen molar-refractivity contribution in [2.24, 2.45) is 0 Å². The second-order valence-electron chi connectivity index (χ2n) is 5.00. The maximum absolute atomic E-state index is 13.9. The summed E-state index contributed by atoms with van der Waals surface area (Å²) < 4.78 is 54.5. The predicted molar refractivity (Wildman–Crippen MR) is 76.6 cm³/mol. The molecule has 0 amide bonds. The zero-order valence-corrected chi connectivity index (χ0v) is 11.0. The molecule has 1 nitrogen and oxygen atoms in total. The number of benzene rings is 3. The third kappa shape index (κ3) is 1.62. The summed E-state index contributed by atoms with van der Waals surface area (Å²) >= 11 is 0. The van der Waals surface area contributed by atoms with Gasteiger partial charge in [-0.15, -0.1) is 0 Å². The lowest BCUT2D eigenvalue weighted by Crippen LogP contribution is -2.00. The SMILES string of the molecule is Fc1c(F)c(F)c2nc3c(ccc4ccccc43)cc2c1F. The zero-order chi connectivity index (χ0) is 15.4. The van der Waals surface area contributed by atoms with Gasteiger partial charge in [0.25, 0.3) is 0 Å². The van der Waals surface area contributed by atoms with Crippen molar-refractivity contribution in [3.05, 3.63) is 65.7 Å². The summed E-state index contributed by atoms with van der Waals surface area (Å²) in [6.07, 6.45) is 0. The number of halogens is 4. The van der Waals surface area contributed by atoms with Crippen LogP contribution in [0.15, 0.2) is 42.5 Å². The van der Waals surface area contributed by atoms with Crippen LogP contribution < -0.4 is 0 Å².